The largest absolute Gasteiger partial charge is 0.313 e. The Labute approximate surface area is 153 Å². The van der Waals surface area contributed by atoms with E-state index >= 15 is 0 Å². The minimum absolute atomic E-state index is 0.110. The lowest BCUT2D eigenvalue weighted by molar-refractivity contribution is -0.0608. The number of rotatable bonds is 8. The van der Waals surface area contributed by atoms with Crippen LogP contribution in [-0.2, 0) is 0 Å². The molecule has 0 aromatic heterocycles. The van der Waals surface area contributed by atoms with Gasteiger partial charge in [0.1, 0.15) is 0 Å². The first-order valence-corrected chi connectivity index (χ1v) is 10.4. The monoisotopic (exact) mass is 344 g/mol. The minimum atomic E-state index is -0.803. The van der Waals surface area contributed by atoms with Gasteiger partial charge < -0.3 is 11.5 Å². The first kappa shape index (κ1) is 20.2. The summed E-state index contributed by atoms with van der Waals surface area (Å²) >= 11 is 0. The average molecular weight is 345 g/mol. The number of unbranched alkanes of at least 4 members (excludes halogenated alkanes) is 1. The first-order valence-electron chi connectivity index (χ1n) is 10.4. The molecule has 0 amide bonds. The summed E-state index contributed by atoms with van der Waals surface area (Å²) in [4.78, 5) is 0. The molecule has 4 heteroatoms. The van der Waals surface area contributed by atoms with Gasteiger partial charge in [-0.05, 0) is 56.8 Å². The Morgan fingerprint density at radius 1 is 0.720 bits per heavy atom. The van der Waals surface area contributed by atoms with E-state index in [1.54, 1.807) is 0 Å². The van der Waals surface area contributed by atoms with E-state index in [-0.39, 0.29) is 5.41 Å². The van der Waals surface area contributed by atoms with Crippen molar-refractivity contribution in [3.05, 3.63) is 0 Å². The molecule has 2 rings (SSSR count). The van der Waals surface area contributed by atoms with Gasteiger partial charge in [0.15, 0.2) is 0 Å². The van der Waals surface area contributed by atoms with E-state index in [0.29, 0.717) is 31.1 Å². The number of hydrogen-bond donors (Lipinski definition) is 2. The molecule has 2 fully saturated rings. The van der Waals surface area contributed by atoms with Crippen LogP contribution in [-0.4, -0.2) is 5.66 Å². The summed E-state index contributed by atoms with van der Waals surface area (Å²) < 4.78 is 0. The van der Waals surface area contributed by atoms with Crippen LogP contribution < -0.4 is 11.5 Å². The number of hydrogen-bond acceptors (Lipinski definition) is 4. The standard InChI is InChI=1S/C21H36N4/c22-16-8-7-14-20(18-10-3-1-4-11-18,19-12-5-2-6-13-19)21(24,25)15-9-17-23/h18-19H,1-15,24-25H2. The van der Waals surface area contributed by atoms with Gasteiger partial charge in [0.05, 0.1) is 17.8 Å². The zero-order valence-electron chi connectivity index (χ0n) is 15.8. The average Bonchev–Trinajstić information content (AvgIpc) is 2.65. The second-order valence-corrected chi connectivity index (χ2v) is 8.42. The molecule has 0 bridgehead atoms. The van der Waals surface area contributed by atoms with Gasteiger partial charge in [0.25, 0.3) is 0 Å². The van der Waals surface area contributed by atoms with Crippen LogP contribution in [0, 0.1) is 39.9 Å². The van der Waals surface area contributed by atoms with Crippen LogP contribution in [0.1, 0.15) is 96.3 Å². The number of nitrogens with two attached hydrogens (primary N) is 2. The summed E-state index contributed by atoms with van der Waals surface area (Å²) in [7, 11) is 0. The fourth-order valence-corrected chi connectivity index (χ4v) is 5.93. The van der Waals surface area contributed by atoms with E-state index in [1.807, 2.05) is 0 Å². The molecule has 2 aliphatic carbocycles. The number of nitriles is 2. The van der Waals surface area contributed by atoms with Gasteiger partial charge in [0.2, 0.25) is 0 Å². The van der Waals surface area contributed by atoms with Crippen molar-refractivity contribution in [2.24, 2.45) is 28.7 Å². The van der Waals surface area contributed by atoms with Crippen molar-refractivity contribution in [2.75, 3.05) is 0 Å². The summed E-state index contributed by atoms with van der Waals surface area (Å²) in [5.41, 5.74) is 12.8. The van der Waals surface area contributed by atoms with Crippen LogP contribution >= 0.6 is 0 Å². The highest BCUT2D eigenvalue weighted by atomic mass is 15.0. The quantitative estimate of drug-likeness (QED) is 0.490. The van der Waals surface area contributed by atoms with Crippen molar-refractivity contribution in [1.29, 1.82) is 10.5 Å². The molecule has 2 aliphatic rings. The molecule has 0 radical (unpaired) electrons. The van der Waals surface area contributed by atoms with Crippen molar-refractivity contribution >= 4 is 0 Å². The molecule has 0 aromatic rings. The molecule has 0 heterocycles. The summed E-state index contributed by atoms with van der Waals surface area (Å²) in [6.45, 7) is 0. The zero-order chi connectivity index (χ0) is 18.2. The maximum absolute atomic E-state index is 9.13. The lowest BCUT2D eigenvalue weighted by atomic mass is 9.51. The van der Waals surface area contributed by atoms with E-state index in [4.69, 9.17) is 22.0 Å². The Balaban J connectivity index is 2.38. The van der Waals surface area contributed by atoms with Gasteiger partial charge >= 0.3 is 0 Å². The smallest absolute Gasteiger partial charge is 0.0709 e. The second-order valence-electron chi connectivity index (χ2n) is 8.42. The highest BCUT2D eigenvalue weighted by molar-refractivity contribution is 5.07. The van der Waals surface area contributed by atoms with Crippen LogP contribution in [0.15, 0.2) is 0 Å². The molecule has 25 heavy (non-hydrogen) atoms. The maximum atomic E-state index is 9.13. The van der Waals surface area contributed by atoms with Crippen molar-refractivity contribution in [2.45, 2.75) is 102 Å². The molecule has 0 aliphatic heterocycles. The predicted molar refractivity (Wildman–Crippen MR) is 101 cm³/mol. The van der Waals surface area contributed by atoms with Gasteiger partial charge in [-0.3, -0.25) is 0 Å². The van der Waals surface area contributed by atoms with E-state index in [9.17, 15) is 0 Å². The Kier molecular flexibility index (Phi) is 7.73. The van der Waals surface area contributed by atoms with E-state index in [0.717, 1.165) is 12.8 Å². The molecule has 140 valence electrons. The summed E-state index contributed by atoms with van der Waals surface area (Å²) in [5, 5.41) is 18.2. The summed E-state index contributed by atoms with van der Waals surface area (Å²) in [6, 6.07) is 4.56. The van der Waals surface area contributed by atoms with Gasteiger partial charge in [-0.1, -0.05) is 38.5 Å². The van der Waals surface area contributed by atoms with Gasteiger partial charge in [-0.15, -0.1) is 0 Å². The van der Waals surface area contributed by atoms with Crippen molar-refractivity contribution in [3.8, 4) is 12.1 Å². The van der Waals surface area contributed by atoms with E-state index < -0.39 is 5.66 Å². The molecule has 0 spiro atoms. The topological polar surface area (TPSA) is 99.6 Å². The normalized spacial score (nSPS) is 20.8. The van der Waals surface area contributed by atoms with Crippen molar-refractivity contribution in [3.63, 3.8) is 0 Å². The highest BCUT2D eigenvalue weighted by Crippen LogP contribution is 2.56. The maximum Gasteiger partial charge on any atom is 0.0709 e. The molecule has 2 saturated carbocycles. The van der Waals surface area contributed by atoms with Crippen LogP contribution in [0.4, 0.5) is 0 Å². The van der Waals surface area contributed by atoms with Crippen molar-refractivity contribution in [1.82, 2.24) is 0 Å². The van der Waals surface area contributed by atoms with Gasteiger partial charge in [0, 0.05) is 18.3 Å². The fourth-order valence-electron chi connectivity index (χ4n) is 5.93. The van der Waals surface area contributed by atoms with Gasteiger partial charge in [-0.25, -0.2) is 0 Å². The highest BCUT2D eigenvalue weighted by Gasteiger charge is 2.54. The van der Waals surface area contributed by atoms with Crippen LogP contribution in [0.2, 0.25) is 0 Å². The summed E-state index contributed by atoms with van der Waals surface area (Å²) in [6.07, 6.45) is 16.0. The second kappa shape index (κ2) is 9.56. The third-order valence-corrected chi connectivity index (χ3v) is 7.06. The predicted octanol–water partition coefficient (Wildman–Crippen LogP) is 4.74. The first-order chi connectivity index (χ1) is 12.1. The molecule has 0 atom stereocenters. The molecule has 4 N–H and O–H groups in total. The lowest BCUT2D eigenvalue weighted by Crippen LogP contribution is -2.68. The molecule has 4 nitrogen and oxygen atoms in total. The Morgan fingerprint density at radius 2 is 1.20 bits per heavy atom. The Bertz CT molecular complexity index is 455. The lowest BCUT2D eigenvalue weighted by Gasteiger charge is -2.57. The summed E-state index contributed by atoms with van der Waals surface area (Å²) in [5.74, 6) is 1.11. The minimum Gasteiger partial charge on any atom is -0.313 e. The Hall–Kier alpha value is -1.10. The molecule has 0 saturated heterocycles. The van der Waals surface area contributed by atoms with E-state index in [2.05, 4.69) is 12.1 Å². The molecule has 0 unspecified atom stereocenters. The third kappa shape index (κ3) is 4.55. The zero-order valence-corrected chi connectivity index (χ0v) is 15.8. The van der Waals surface area contributed by atoms with Crippen LogP contribution in [0.3, 0.4) is 0 Å². The SMILES string of the molecule is N#CCCCC(C1CCCCC1)(C1CCCCC1)C(N)(N)CCC#N. The van der Waals surface area contributed by atoms with Crippen molar-refractivity contribution < 1.29 is 0 Å². The fraction of sp³-hybridized carbons (Fsp3) is 0.905. The number of nitrogens with zero attached hydrogens (tertiary/aromatic N) is 2. The van der Waals surface area contributed by atoms with Gasteiger partial charge in [-0.2, -0.15) is 10.5 Å². The van der Waals surface area contributed by atoms with Crippen LogP contribution in [0.5, 0.6) is 0 Å². The van der Waals surface area contributed by atoms with E-state index in [1.165, 1.54) is 64.2 Å². The van der Waals surface area contributed by atoms with Crippen LogP contribution in [0.25, 0.3) is 0 Å². The molecular weight excluding hydrogens is 308 g/mol. The molecule has 0 aromatic carbocycles. The third-order valence-electron chi connectivity index (χ3n) is 7.06. The Morgan fingerprint density at radius 3 is 1.64 bits per heavy atom. The molecular formula is C21H36N4.